The summed E-state index contributed by atoms with van der Waals surface area (Å²) >= 11 is 0. The van der Waals surface area contributed by atoms with Gasteiger partial charge in [-0.1, -0.05) is 0 Å². The summed E-state index contributed by atoms with van der Waals surface area (Å²) in [4.78, 5) is 20.3. The van der Waals surface area contributed by atoms with Crippen LogP contribution in [0.25, 0.3) is 5.69 Å². The van der Waals surface area contributed by atoms with Gasteiger partial charge in [-0.3, -0.25) is 4.79 Å². The lowest BCUT2D eigenvalue weighted by Crippen LogP contribution is -2.53. The van der Waals surface area contributed by atoms with Crippen LogP contribution in [-0.4, -0.2) is 71.3 Å². The van der Waals surface area contributed by atoms with Crippen molar-refractivity contribution in [2.24, 2.45) is 4.99 Å². The van der Waals surface area contributed by atoms with Gasteiger partial charge in [0.2, 0.25) is 5.91 Å². The molecule has 1 N–H and O–H groups in total. The molecule has 1 aromatic carbocycles. The Labute approximate surface area is 188 Å². The second-order valence-electron chi connectivity index (χ2n) is 6.61. The molecule has 0 spiro atoms. The molecule has 1 aliphatic rings. The van der Waals surface area contributed by atoms with E-state index in [0.717, 1.165) is 55.8 Å². The Balaban J connectivity index is 0.00000300. The van der Waals surface area contributed by atoms with Gasteiger partial charge in [0.15, 0.2) is 5.96 Å². The zero-order chi connectivity index (χ0) is 19.9. The maximum absolute atomic E-state index is 11.5. The van der Waals surface area contributed by atoms with E-state index in [1.54, 1.807) is 14.0 Å². The minimum atomic E-state index is 0. The number of nitrogens with one attached hydrogen (secondary N) is 1. The molecule has 0 atom stereocenters. The smallest absolute Gasteiger partial charge is 0.219 e. The Hall–Kier alpha value is -2.30. The first kappa shape index (κ1) is 23.0. The van der Waals surface area contributed by atoms with Gasteiger partial charge in [-0.15, -0.1) is 24.0 Å². The van der Waals surface area contributed by atoms with Gasteiger partial charge in [0.1, 0.15) is 5.75 Å². The first-order valence-electron chi connectivity index (χ1n) is 9.58. The van der Waals surface area contributed by atoms with Crippen LogP contribution in [-0.2, 0) is 11.3 Å². The number of ether oxygens (including phenoxy) is 1. The van der Waals surface area contributed by atoms with Gasteiger partial charge in [-0.2, -0.15) is 5.10 Å². The fourth-order valence-corrected chi connectivity index (χ4v) is 3.14. The van der Waals surface area contributed by atoms with Crippen molar-refractivity contribution in [3.8, 4) is 11.4 Å². The van der Waals surface area contributed by atoms with E-state index in [2.05, 4.69) is 22.2 Å². The highest BCUT2D eigenvalue weighted by Gasteiger charge is 2.20. The molecule has 2 heterocycles. The Kier molecular flexibility index (Phi) is 8.74. The van der Waals surface area contributed by atoms with Crippen LogP contribution >= 0.6 is 24.0 Å². The van der Waals surface area contributed by atoms with Crippen molar-refractivity contribution < 1.29 is 9.53 Å². The van der Waals surface area contributed by atoms with Crippen LogP contribution in [0.2, 0.25) is 0 Å². The summed E-state index contributed by atoms with van der Waals surface area (Å²) in [6, 6.07) is 9.75. The number of carbonyl (C=O) groups is 1. The number of guanidine groups is 1. The van der Waals surface area contributed by atoms with E-state index in [1.165, 1.54) is 0 Å². The molecule has 0 bridgehead atoms. The number of benzene rings is 1. The molecule has 29 heavy (non-hydrogen) atoms. The summed E-state index contributed by atoms with van der Waals surface area (Å²) in [6.45, 7) is 7.99. The predicted octanol–water partition coefficient (Wildman–Crippen LogP) is 2.13. The largest absolute Gasteiger partial charge is 0.497 e. The van der Waals surface area contributed by atoms with Gasteiger partial charge >= 0.3 is 0 Å². The third-order valence-corrected chi connectivity index (χ3v) is 4.73. The number of halogens is 1. The number of piperazine rings is 1. The van der Waals surface area contributed by atoms with Crippen LogP contribution in [0.3, 0.4) is 0 Å². The number of amides is 1. The van der Waals surface area contributed by atoms with Crippen molar-refractivity contribution in [1.29, 1.82) is 0 Å². The fourth-order valence-electron chi connectivity index (χ4n) is 3.14. The van der Waals surface area contributed by atoms with Gasteiger partial charge in [0.25, 0.3) is 0 Å². The van der Waals surface area contributed by atoms with Gasteiger partial charge in [-0.25, -0.2) is 9.67 Å². The second-order valence-corrected chi connectivity index (χ2v) is 6.61. The lowest BCUT2D eigenvalue weighted by molar-refractivity contribution is -0.130. The molecule has 9 heteroatoms. The lowest BCUT2D eigenvalue weighted by Gasteiger charge is -2.36. The Bertz CT molecular complexity index is 813. The number of methoxy groups -OCH3 is 1. The van der Waals surface area contributed by atoms with Crippen LogP contribution in [0.4, 0.5) is 0 Å². The number of aliphatic imine (C=N–C) groups is 1. The molecule has 1 saturated heterocycles. The summed E-state index contributed by atoms with van der Waals surface area (Å²) in [6.07, 6.45) is 1.94. The topological polar surface area (TPSA) is 75.0 Å². The van der Waals surface area contributed by atoms with E-state index in [9.17, 15) is 4.79 Å². The van der Waals surface area contributed by atoms with Crippen LogP contribution in [0.1, 0.15) is 19.5 Å². The molecule has 1 amide bonds. The van der Waals surface area contributed by atoms with Crippen LogP contribution in [0.5, 0.6) is 5.75 Å². The van der Waals surface area contributed by atoms with Crippen molar-refractivity contribution in [2.45, 2.75) is 20.4 Å². The average molecular weight is 512 g/mol. The summed E-state index contributed by atoms with van der Waals surface area (Å²) in [5.74, 6) is 1.82. The number of nitrogens with zero attached hydrogens (tertiary/aromatic N) is 5. The zero-order valence-corrected chi connectivity index (χ0v) is 19.5. The maximum Gasteiger partial charge on any atom is 0.219 e. The Morgan fingerprint density at radius 3 is 2.38 bits per heavy atom. The summed E-state index contributed by atoms with van der Waals surface area (Å²) in [7, 11) is 1.65. The summed E-state index contributed by atoms with van der Waals surface area (Å²) < 4.78 is 7.03. The van der Waals surface area contributed by atoms with Crippen molar-refractivity contribution in [3.63, 3.8) is 0 Å². The van der Waals surface area contributed by atoms with Crippen molar-refractivity contribution in [2.75, 3.05) is 39.8 Å². The zero-order valence-electron chi connectivity index (χ0n) is 17.2. The Morgan fingerprint density at radius 1 is 1.14 bits per heavy atom. The average Bonchev–Trinajstić information content (AvgIpc) is 3.20. The molecule has 1 fully saturated rings. The van der Waals surface area contributed by atoms with E-state index in [1.807, 2.05) is 46.1 Å². The number of carbonyl (C=O) groups excluding carboxylic acids is 1. The van der Waals surface area contributed by atoms with Crippen LogP contribution in [0.15, 0.2) is 41.5 Å². The Morgan fingerprint density at radius 2 is 1.79 bits per heavy atom. The third-order valence-electron chi connectivity index (χ3n) is 4.73. The molecular weight excluding hydrogens is 483 g/mol. The van der Waals surface area contributed by atoms with Gasteiger partial charge in [-0.05, 0) is 37.3 Å². The predicted molar refractivity (Wildman–Crippen MR) is 124 cm³/mol. The third kappa shape index (κ3) is 6.09. The van der Waals surface area contributed by atoms with E-state index in [4.69, 9.17) is 9.73 Å². The number of aromatic nitrogens is 2. The molecule has 1 aliphatic heterocycles. The van der Waals surface area contributed by atoms with Gasteiger partial charge in [0.05, 0.1) is 25.0 Å². The van der Waals surface area contributed by atoms with Crippen LogP contribution in [0, 0.1) is 0 Å². The van der Waals surface area contributed by atoms with E-state index in [-0.39, 0.29) is 29.9 Å². The highest BCUT2D eigenvalue weighted by atomic mass is 127. The van der Waals surface area contributed by atoms with Crippen molar-refractivity contribution >= 4 is 35.8 Å². The maximum atomic E-state index is 11.5. The summed E-state index contributed by atoms with van der Waals surface area (Å²) in [5, 5.41) is 7.96. The minimum Gasteiger partial charge on any atom is -0.497 e. The van der Waals surface area contributed by atoms with Crippen molar-refractivity contribution in [1.82, 2.24) is 24.9 Å². The molecular formula is C20H29IN6O2. The molecule has 3 rings (SSSR count). The minimum absolute atomic E-state index is 0. The number of hydrogen-bond acceptors (Lipinski definition) is 4. The standard InChI is InChI=1S/C20H28N6O2.HI/c1-4-21-20(25-13-11-24(12-14-25)16(2)27)22-15-17-9-10-26(23-17)18-5-7-19(28-3)8-6-18;/h5-10H,4,11-15H2,1-3H3,(H,21,22);1H. The molecule has 8 nitrogen and oxygen atoms in total. The summed E-state index contributed by atoms with van der Waals surface area (Å²) in [5.41, 5.74) is 1.87. The molecule has 158 valence electrons. The van der Waals surface area contributed by atoms with Gasteiger partial charge < -0.3 is 19.9 Å². The lowest BCUT2D eigenvalue weighted by atomic mass is 10.3. The molecule has 2 aromatic rings. The fraction of sp³-hybridized carbons (Fsp3) is 0.450. The highest BCUT2D eigenvalue weighted by Crippen LogP contribution is 2.15. The van der Waals surface area contributed by atoms with E-state index >= 15 is 0 Å². The highest BCUT2D eigenvalue weighted by molar-refractivity contribution is 14.0. The molecule has 0 saturated carbocycles. The van der Waals surface area contributed by atoms with Crippen molar-refractivity contribution in [3.05, 3.63) is 42.2 Å². The first-order chi connectivity index (χ1) is 13.6. The number of hydrogen-bond donors (Lipinski definition) is 1. The number of rotatable bonds is 5. The molecule has 0 radical (unpaired) electrons. The SMILES string of the molecule is CCNC(=NCc1ccn(-c2ccc(OC)cc2)n1)N1CCN(C(C)=O)CC1.I. The van der Waals surface area contributed by atoms with E-state index in [0.29, 0.717) is 6.54 Å². The van der Waals surface area contributed by atoms with Gasteiger partial charge in [0, 0.05) is 45.8 Å². The molecule has 1 aromatic heterocycles. The normalized spacial score (nSPS) is 14.4. The molecule has 0 unspecified atom stereocenters. The second kappa shape index (κ2) is 11.0. The monoisotopic (exact) mass is 512 g/mol. The van der Waals surface area contributed by atoms with E-state index < -0.39 is 0 Å². The van der Waals surface area contributed by atoms with Crippen LogP contribution < -0.4 is 10.1 Å². The first-order valence-corrected chi connectivity index (χ1v) is 9.58. The quantitative estimate of drug-likeness (QED) is 0.378. The molecule has 0 aliphatic carbocycles.